The van der Waals surface area contributed by atoms with Gasteiger partial charge in [-0.25, -0.2) is 4.99 Å². The highest BCUT2D eigenvalue weighted by atomic mass is 19.4. The molecular weight excluding hydrogens is 451 g/mol. The summed E-state index contributed by atoms with van der Waals surface area (Å²) < 4.78 is 93.0. The number of likely N-dealkylation sites (tertiary alicyclic amines) is 1. The van der Waals surface area contributed by atoms with Crippen LogP contribution in [0.25, 0.3) is 0 Å². The van der Waals surface area contributed by atoms with Gasteiger partial charge in [0.05, 0.1) is 17.6 Å². The first kappa shape index (κ1) is 22.6. The van der Waals surface area contributed by atoms with Gasteiger partial charge >= 0.3 is 12.4 Å². The molecule has 1 unspecified atom stereocenters. The molecule has 14 heteroatoms. The molecule has 1 amide bonds. The summed E-state index contributed by atoms with van der Waals surface area (Å²) in [5, 5.41) is 18.8. The topological polar surface area (TPSA) is 93.6 Å². The van der Waals surface area contributed by atoms with E-state index in [9.17, 15) is 40.6 Å². The molecule has 176 valence electrons. The Kier molecular flexibility index (Phi) is 5.25. The summed E-state index contributed by atoms with van der Waals surface area (Å²) in [6.07, 6.45) is -11.2. The highest BCUT2D eigenvalue weighted by Crippen LogP contribution is 2.49. The zero-order chi connectivity index (χ0) is 23.5. The molecule has 32 heavy (non-hydrogen) atoms. The van der Waals surface area contributed by atoms with Crippen LogP contribution in [-0.2, 0) is 10.4 Å². The van der Waals surface area contributed by atoms with Crippen molar-refractivity contribution in [3.05, 3.63) is 22.8 Å². The zero-order valence-electron chi connectivity index (χ0n) is 16.4. The average Bonchev–Trinajstić information content (AvgIpc) is 3.10. The molecule has 3 aliphatic heterocycles. The number of nitrogens with one attached hydrogen (secondary N) is 2. The molecule has 4 rings (SSSR count). The van der Waals surface area contributed by atoms with Crippen molar-refractivity contribution < 1.29 is 40.6 Å². The Bertz CT molecular complexity index is 989. The monoisotopic (exact) mass is 469 g/mol. The van der Waals surface area contributed by atoms with Crippen molar-refractivity contribution in [2.75, 3.05) is 18.4 Å². The normalized spacial score (nSPS) is 25.6. The van der Waals surface area contributed by atoms with Gasteiger partial charge in [0.15, 0.2) is 11.4 Å². The minimum atomic E-state index is -5.12. The molecule has 3 aliphatic rings. The first-order chi connectivity index (χ1) is 14.8. The Hall–Kier alpha value is -2.64. The van der Waals surface area contributed by atoms with E-state index >= 15 is 0 Å². The van der Waals surface area contributed by atoms with Crippen molar-refractivity contribution in [2.45, 2.75) is 56.0 Å². The van der Waals surface area contributed by atoms with Gasteiger partial charge in [0, 0.05) is 31.1 Å². The van der Waals surface area contributed by atoms with Crippen LogP contribution in [0.5, 0.6) is 0 Å². The van der Waals surface area contributed by atoms with Crippen LogP contribution >= 0.6 is 0 Å². The van der Waals surface area contributed by atoms with Crippen LogP contribution in [0.2, 0.25) is 0 Å². The van der Waals surface area contributed by atoms with Crippen molar-refractivity contribution in [1.82, 2.24) is 15.1 Å². The summed E-state index contributed by atoms with van der Waals surface area (Å²) in [6, 6.07) is 0. The van der Waals surface area contributed by atoms with Crippen LogP contribution < -0.4 is 5.32 Å². The first-order valence-electron chi connectivity index (χ1n) is 9.77. The zero-order valence-corrected chi connectivity index (χ0v) is 16.4. The maximum Gasteiger partial charge on any atom is 0.422 e. The van der Waals surface area contributed by atoms with Crippen molar-refractivity contribution >= 4 is 17.6 Å². The number of alkyl halides is 6. The lowest BCUT2D eigenvalue weighted by molar-refractivity contribution is -0.267. The Morgan fingerprint density at radius 2 is 1.75 bits per heavy atom. The van der Waals surface area contributed by atoms with Gasteiger partial charge < -0.3 is 15.3 Å². The largest absolute Gasteiger partial charge is 0.422 e. The smallest absolute Gasteiger partial charge is 0.376 e. The number of H-pyrrole nitrogens is 1. The summed E-state index contributed by atoms with van der Waals surface area (Å²) in [5.41, 5.74) is -5.19. The first-order valence-corrected chi connectivity index (χ1v) is 9.77. The van der Waals surface area contributed by atoms with Gasteiger partial charge in [-0.15, -0.1) is 0 Å². The lowest BCUT2D eigenvalue weighted by Crippen LogP contribution is -2.49. The average molecular weight is 469 g/mol. The SMILES string of the molecule is O=C1CC(O)(C(F)(F)F)c2c(n[nH]c2C2CCN(C3=NC(F)=C(C(F)(F)F)CC3)CC2)N1. The Labute approximate surface area is 176 Å². The molecular formula is C18H18F7N5O2. The van der Waals surface area contributed by atoms with Crippen LogP contribution in [0, 0.1) is 0 Å². The minimum absolute atomic E-state index is 0.0375. The number of carbonyl (C=O) groups excluding carboxylic acids is 1. The molecule has 1 atom stereocenters. The third kappa shape index (κ3) is 3.73. The summed E-state index contributed by atoms with van der Waals surface area (Å²) in [6.45, 7) is 0.422. The van der Waals surface area contributed by atoms with Crippen LogP contribution in [-0.4, -0.2) is 57.4 Å². The third-order valence-electron chi connectivity index (χ3n) is 6.04. The molecule has 1 fully saturated rings. The van der Waals surface area contributed by atoms with Crippen molar-refractivity contribution in [3.8, 4) is 0 Å². The number of hydrogen-bond donors (Lipinski definition) is 3. The van der Waals surface area contributed by atoms with Crippen LogP contribution in [0.3, 0.4) is 0 Å². The van der Waals surface area contributed by atoms with E-state index in [1.807, 2.05) is 0 Å². The number of amides is 1. The number of rotatable bonds is 1. The van der Waals surface area contributed by atoms with Gasteiger partial charge in [0.1, 0.15) is 5.84 Å². The maximum absolute atomic E-state index is 13.8. The van der Waals surface area contributed by atoms with Gasteiger partial charge in [0.25, 0.3) is 0 Å². The number of aliphatic hydroxyl groups is 1. The number of aliphatic imine (C=N–C) groups is 1. The van der Waals surface area contributed by atoms with Crippen molar-refractivity contribution in [1.29, 1.82) is 0 Å². The fraction of sp³-hybridized carbons (Fsp3) is 0.611. The van der Waals surface area contributed by atoms with Gasteiger partial charge in [0.2, 0.25) is 11.9 Å². The van der Waals surface area contributed by atoms with Gasteiger partial charge in [-0.05, 0) is 19.3 Å². The Morgan fingerprint density at radius 3 is 2.31 bits per heavy atom. The molecule has 1 saturated heterocycles. The summed E-state index contributed by atoms with van der Waals surface area (Å²) >= 11 is 0. The van der Waals surface area contributed by atoms with E-state index in [0.29, 0.717) is 0 Å². The van der Waals surface area contributed by atoms with Gasteiger partial charge in [-0.2, -0.15) is 35.8 Å². The molecule has 1 aromatic heterocycles. The number of carbonyl (C=O) groups is 1. The highest BCUT2D eigenvalue weighted by Gasteiger charge is 2.61. The van der Waals surface area contributed by atoms with Crippen LogP contribution in [0.15, 0.2) is 16.5 Å². The van der Waals surface area contributed by atoms with Crippen molar-refractivity contribution in [3.63, 3.8) is 0 Å². The second-order valence-electron chi connectivity index (χ2n) is 8.00. The number of fused-ring (bicyclic) bond motifs is 1. The minimum Gasteiger partial charge on any atom is -0.376 e. The molecule has 4 heterocycles. The second-order valence-corrected chi connectivity index (χ2v) is 8.00. The van der Waals surface area contributed by atoms with E-state index in [-0.39, 0.29) is 49.7 Å². The number of allylic oxidation sites excluding steroid dienone is 1. The molecule has 3 N–H and O–H groups in total. The number of aromatic nitrogens is 2. The van der Waals surface area contributed by atoms with Crippen molar-refractivity contribution in [2.24, 2.45) is 4.99 Å². The highest BCUT2D eigenvalue weighted by molar-refractivity contribution is 5.94. The lowest BCUT2D eigenvalue weighted by atomic mass is 9.81. The second kappa shape index (κ2) is 7.46. The lowest BCUT2D eigenvalue weighted by Gasteiger charge is -2.37. The molecule has 0 saturated carbocycles. The fourth-order valence-corrected chi connectivity index (χ4v) is 4.39. The predicted molar refractivity (Wildman–Crippen MR) is 96.2 cm³/mol. The predicted octanol–water partition coefficient (Wildman–Crippen LogP) is 3.62. The standard InChI is InChI=1S/C18H18F7N5O2/c19-14-9(17(20,21)22)1-2-10(26-14)30-5-3-8(4-6-30)13-12-15(29-28-13)27-11(31)7-16(12,32)18(23,24)25/h8,32H,1-7H2,(H2,27,28,29,31). The molecule has 0 aromatic carbocycles. The number of aromatic amines is 1. The summed E-state index contributed by atoms with van der Waals surface area (Å²) in [5.74, 6) is -3.33. The summed E-state index contributed by atoms with van der Waals surface area (Å²) in [4.78, 5) is 16.7. The number of amidine groups is 1. The number of anilines is 1. The van der Waals surface area contributed by atoms with E-state index in [2.05, 4.69) is 20.5 Å². The summed E-state index contributed by atoms with van der Waals surface area (Å²) in [7, 11) is 0. The van der Waals surface area contributed by atoms with E-state index in [0.717, 1.165) is 0 Å². The van der Waals surface area contributed by atoms with E-state index in [1.165, 1.54) is 0 Å². The molecule has 7 nitrogen and oxygen atoms in total. The van der Waals surface area contributed by atoms with Crippen LogP contribution in [0.4, 0.5) is 36.6 Å². The number of piperidine rings is 1. The molecule has 0 spiro atoms. The number of nitrogens with zero attached hydrogens (tertiary/aromatic N) is 3. The third-order valence-corrected chi connectivity index (χ3v) is 6.04. The Morgan fingerprint density at radius 1 is 1.09 bits per heavy atom. The quantitative estimate of drug-likeness (QED) is 0.433. The molecule has 0 bridgehead atoms. The van der Waals surface area contributed by atoms with E-state index in [1.54, 1.807) is 4.90 Å². The van der Waals surface area contributed by atoms with Gasteiger partial charge in [-0.1, -0.05) is 0 Å². The molecule has 0 radical (unpaired) electrons. The van der Waals surface area contributed by atoms with Crippen LogP contribution in [0.1, 0.15) is 49.3 Å². The number of halogens is 7. The fourth-order valence-electron chi connectivity index (χ4n) is 4.39. The van der Waals surface area contributed by atoms with Gasteiger partial charge in [-0.3, -0.25) is 9.89 Å². The maximum atomic E-state index is 13.8. The number of hydrogen-bond acceptors (Lipinski definition) is 5. The molecule has 0 aliphatic carbocycles. The van der Waals surface area contributed by atoms with E-state index in [4.69, 9.17) is 0 Å². The Balaban J connectivity index is 1.54. The molecule has 1 aromatic rings. The van der Waals surface area contributed by atoms with E-state index < -0.39 is 59.7 Å².